The molecule has 3 saturated heterocycles. The quantitative estimate of drug-likeness (QED) is 0.690. The molecule has 4 atom stereocenters. The first kappa shape index (κ1) is 22.9. The minimum absolute atomic E-state index is 0.0256. The normalized spacial score (nSPS) is 28.6. The number of hydrogen-bond donors (Lipinski definition) is 1. The summed E-state index contributed by atoms with van der Waals surface area (Å²) < 4.78 is 0. The Labute approximate surface area is 200 Å². The number of carbonyl (C=O) groups is 4. The molecule has 5 amide bonds. The van der Waals surface area contributed by atoms with Gasteiger partial charge in [-0.1, -0.05) is 39.0 Å². The van der Waals surface area contributed by atoms with Gasteiger partial charge in [0.25, 0.3) is 0 Å². The topological polar surface area (TPSA) is 90.0 Å². The summed E-state index contributed by atoms with van der Waals surface area (Å²) in [6.07, 6.45) is 3.69. The van der Waals surface area contributed by atoms with Gasteiger partial charge in [0.2, 0.25) is 17.7 Å². The number of fused-ring (bicyclic) bond motifs is 1. The van der Waals surface area contributed by atoms with Crippen LogP contribution in [0, 0.1) is 11.8 Å². The van der Waals surface area contributed by atoms with E-state index in [-0.39, 0.29) is 47.7 Å². The number of anilines is 1. The van der Waals surface area contributed by atoms with Crippen LogP contribution in [-0.2, 0) is 14.4 Å². The van der Waals surface area contributed by atoms with Crippen LogP contribution in [0.1, 0.15) is 64.4 Å². The SMILES string of the molecule is CC(C)c1ccccc1NC(=O)N1CCC[C@H]1C(=O)N1CC[C@H]2[C@H]1[C@H](C)C(=O)N2C(=O)C1CC1. The van der Waals surface area contributed by atoms with Gasteiger partial charge in [0, 0.05) is 24.7 Å². The molecule has 0 bridgehead atoms. The fourth-order valence-corrected chi connectivity index (χ4v) is 6.03. The fourth-order valence-electron chi connectivity index (χ4n) is 6.03. The van der Waals surface area contributed by atoms with Crippen molar-refractivity contribution in [2.24, 2.45) is 11.8 Å². The molecule has 0 aromatic heterocycles. The standard InChI is InChI=1S/C26H34N4O4/c1-15(2)18-7-4-5-8-19(18)27-26(34)28-13-6-9-21(28)25(33)29-14-12-20-22(29)16(3)23(31)30(20)24(32)17-10-11-17/h4-5,7-8,15-17,20-22H,6,9-14H2,1-3H3,(H,27,34)/t16-,20-,21-,22+/m0/s1. The lowest BCUT2D eigenvalue weighted by Crippen LogP contribution is -2.52. The van der Waals surface area contributed by atoms with Crippen molar-refractivity contribution in [3.05, 3.63) is 29.8 Å². The van der Waals surface area contributed by atoms with E-state index in [2.05, 4.69) is 19.2 Å². The summed E-state index contributed by atoms with van der Waals surface area (Å²) in [7, 11) is 0. The molecule has 1 N–H and O–H groups in total. The molecule has 1 saturated carbocycles. The highest BCUT2D eigenvalue weighted by molar-refractivity contribution is 6.02. The molecule has 0 unspecified atom stereocenters. The summed E-state index contributed by atoms with van der Waals surface area (Å²) in [6, 6.07) is 6.41. The van der Waals surface area contributed by atoms with Crippen molar-refractivity contribution in [1.29, 1.82) is 0 Å². The van der Waals surface area contributed by atoms with Gasteiger partial charge in [-0.05, 0) is 49.7 Å². The molecule has 0 radical (unpaired) electrons. The lowest BCUT2D eigenvalue weighted by atomic mass is 10.0. The van der Waals surface area contributed by atoms with E-state index in [4.69, 9.17) is 0 Å². The van der Waals surface area contributed by atoms with E-state index in [0.29, 0.717) is 25.9 Å². The van der Waals surface area contributed by atoms with Crippen LogP contribution in [0.25, 0.3) is 0 Å². The fraction of sp³-hybridized carbons (Fsp3) is 0.615. The predicted octanol–water partition coefficient (Wildman–Crippen LogP) is 3.19. The third kappa shape index (κ3) is 3.77. The third-order valence-electron chi connectivity index (χ3n) is 7.96. The number of likely N-dealkylation sites (tertiary alicyclic amines) is 3. The number of hydrogen-bond acceptors (Lipinski definition) is 4. The lowest BCUT2D eigenvalue weighted by Gasteiger charge is -2.32. The van der Waals surface area contributed by atoms with E-state index in [1.165, 1.54) is 4.90 Å². The van der Waals surface area contributed by atoms with Gasteiger partial charge in [-0.3, -0.25) is 19.3 Å². The first-order valence-electron chi connectivity index (χ1n) is 12.6. The van der Waals surface area contributed by atoms with Gasteiger partial charge >= 0.3 is 6.03 Å². The molecule has 8 nitrogen and oxygen atoms in total. The van der Waals surface area contributed by atoms with E-state index >= 15 is 0 Å². The van der Waals surface area contributed by atoms with Gasteiger partial charge in [0.1, 0.15) is 6.04 Å². The number of imide groups is 1. The average Bonchev–Trinajstić information content (AvgIpc) is 3.30. The molecule has 182 valence electrons. The van der Waals surface area contributed by atoms with Crippen molar-refractivity contribution < 1.29 is 19.2 Å². The zero-order chi connectivity index (χ0) is 24.1. The van der Waals surface area contributed by atoms with Crippen LogP contribution in [0.15, 0.2) is 24.3 Å². The first-order valence-corrected chi connectivity index (χ1v) is 12.6. The molecule has 3 heterocycles. The highest BCUT2D eigenvalue weighted by Crippen LogP contribution is 2.41. The van der Waals surface area contributed by atoms with Gasteiger partial charge in [-0.15, -0.1) is 0 Å². The summed E-state index contributed by atoms with van der Waals surface area (Å²) >= 11 is 0. The molecule has 1 aromatic carbocycles. The summed E-state index contributed by atoms with van der Waals surface area (Å²) in [4.78, 5) is 57.5. The second-order valence-corrected chi connectivity index (χ2v) is 10.5. The number of benzene rings is 1. The van der Waals surface area contributed by atoms with Crippen LogP contribution < -0.4 is 5.32 Å². The smallest absolute Gasteiger partial charge is 0.322 e. The number of nitrogens with one attached hydrogen (secondary N) is 1. The van der Waals surface area contributed by atoms with Crippen LogP contribution >= 0.6 is 0 Å². The lowest BCUT2D eigenvalue weighted by molar-refractivity contribution is -0.146. The van der Waals surface area contributed by atoms with Crippen molar-refractivity contribution >= 4 is 29.4 Å². The minimum Gasteiger partial charge on any atom is -0.335 e. The number of nitrogens with zero attached hydrogens (tertiary/aromatic N) is 3. The average molecular weight is 467 g/mol. The van der Waals surface area contributed by atoms with Crippen molar-refractivity contribution in [3.8, 4) is 0 Å². The van der Waals surface area contributed by atoms with E-state index in [1.807, 2.05) is 31.2 Å². The van der Waals surface area contributed by atoms with E-state index < -0.39 is 12.0 Å². The maximum atomic E-state index is 13.7. The van der Waals surface area contributed by atoms with Crippen molar-refractivity contribution in [1.82, 2.24) is 14.7 Å². The van der Waals surface area contributed by atoms with E-state index in [1.54, 1.807) is 9.80 Å². The highest BCUT2D eigenvalue weighted by Gasteiger charge is 2.57. The van der Waals surface area contributed by atoms with Crippen LogP contribution in [0.4, 0.5) is 10.5 Å². The summed E-state index contributed by atoms with van der Waals surface area (Å²) in [5, 5.41) is 3.02. The number of amides is 5. The number of rotatable bonds is 4. The Morgan fingerprint density at radius 1 is 0.971 bits per heavy atom. The van der Waals surface area contributed by atoms with Gasteiger partial charge < -0.3 is 15.1 Å². The summed E-state index contributed by atoms with van der Waals surface area (Å²) in [6.45, 7) is 7.03. The summed E-state index contributed by atoms with van der Waals surface area (Å²) in [5.74, 6) is -0.488. The Bertz CT molecular complexity index is 1020. The van der Waals surface area contributed by atoms with Crippen molar-refractivity contribution in [3.63, 3.8) is 0 Å². The zero-order valence-electron chi connectivity index (χ0n) is 20.2. The minimum atomic E-state index is -0.541. The molecule has 5 rings (SSSR count). The second kappa shape index (κ2) is 8.71. The van der Waals surface area contributed by atoms with E-state index in [0.717, 1.165) is 30.5 Å². The molecule has 4 aliphatic rings. The molecule has 1 aliphatic carbocycles. The van der Waals surface area contributed by atoms with Gasteiger partial charge in [0.05, 0.1) is 18.0 Å². The largest absolute Gasteiger partial charge is 0.335 e. The highest BCUT2D eigenvalue weighted by atomic mass is 16.2. The van der Waals surface area contributed by atoms with Crippen LogP contribution in [0.3, 0.4) is 0 Å². The predicted molar refractivity (Wildman–Crippen MR) is 127 cm³/mol. The first-order chi connectivity index (χ1) is 16.3. The Balaban J connectivity index is 1.31. The van der Waals surface area contributed by atoms with Gasteiger partial charge in [0.15, 0.2) is 0 Å². The molecule has 4 fully saturated rings. The number of carbonyl (C=O) groups excluding carboxylic acids is 4. The Kier molecular flexibility index (Phi) is 5.86. The van der Waals surface area contributed by atoms with Crippen LogP contribution in [0.2, 0.25) is 0 Å². The third-order valence-corrected chi connectivity index (χ3v) is 7.96. The second-order valence-electron chi connectivity index (χ2n) is 10.5. The maximum absolute atomic E-state index is 13.7. The number of urea groups is 1. The molecule has 34 heavy (non-hydrogen) atoms. The molecular formula is C26H34N4O4. The van der Waals surface area contributed by atoms with Crippen molar-refractivity contribution in [2.45, 2.75) is 76.9 Å². The van der Waals surface area contributed by atoms with E-state index in [9.17, 15) is 19.2 Å². The van der Waals surface area contributed by atoms with Crippen molar-refractivity contribution in [2.75, 3.05) is 18.4 Å². The van der Waals surface area contributed by atoms with Crippen LogP contribution in [-0.4, -0.2) is 69.7 Å². The monoisotopic (exact) mass is 466 g/mol. The molecule has 8 heteroatoms. The maximum Gasteiger partial charge on any atom is 0.322 e. The van der Waals surface area contributed by atoms with Gasteiger partial charge in [-0.25, -0.2) is 4.79 Å². The molecular weight excluding hydrogens is 432 g/mol. The molecule has 0 spiro atoms. The summed E-state index contributed by atoms with van der Waals surface area (Å²) in [5.41, 5.74) is 1.82. The number of para-hydroxylation sites is 1. The van der Waals surface area contributed by atoms with Crippen LogP contribution in [0.5, 0.6) is 0 Å². The molecule has 3 aliphatic heterocycles. The zero-order valence-corrected chi connectivity index (χ0v) is 20.2. The van der Waals surface area contributed by atoms with Gasteiger partial charge in [-0.2, -0.15) is 0 Å². The Morgan fingerprint density at radius 3 is 2.41 bits per heavy atom. The molecule has 1 aromatic rings. The Morgan fingerprint density at radius 2 is 1.71 bits per heavy atom. The Hall–Kier alpha value is -2.90.